The summed E-state index contributed by atoms with van der Waals surface area (Å²) in [5, 5.41) is 2.68. The first-order valence-corrected chi connectivity index (χ1v) is 12.7. The highest BCUT2D eigenvalue weighted by Crippen LogP contribution is 2.20. The number of nitrogen functional groups attached to an aromatic ring is 1. The maximum absolute atomic E-state index is 12.7. The van der Waals surface area contributed by atoms with Crippen LogP contribution >= 0.6 is 11.3 Å². The number of carbonyl (C=O) groups excluding carboxylic acids is 3. The van der Waals surface area contributed by atoms with Crippen LogP contribution in [0, 0.1) is 0 Å². The van der Waals surface area contributed by atoms with Crippen LogP contribution in [0.3, 0.4) is 0 Å². The molecule has 0 radical (unpaired) electrons. The van der Waals surface area contributed by atoms with Crippen molar-refractivity contribution in [1.29, 1.82) is 0 Å². The van der Waals surface area contributed by atoms with Gasteiger partial charge in [-0.1, -0.05) is 0 Å². The van der Waals surface area contributed by atoms with E-state index in [1.165, 1.54) is 11.3 Å². The molecule has 0 fully saturated rings. The molecule has 194 valence electrons. The Morgan fingerprint density at radius 3 is 2.69 bits per heavy atom. The van der Waals surface area contributed by atoms with E-state index >= 15 is 0 Å². The van der Waals surface area contributed by atoms with E-state index in [4.69, 9.17) is 15.2 Å². The lowest BCUT2D eigenvalue weighted by molar-refractivity contribution is -0.146. The van der Waals surface area contributed by atoms with Gasteiger partial charge in [-0.2, -0.15) is 0 Å². The molecule has 4 N–H and O–H groups in total. The fourth-order valence-corrected chi connectivity index (χ4v) is 4.70. The van der Waals surface area contributed by atoms with Gasteiger partial charge in [-0.25, -0.2) is 9.78 Å². The van der Waals surface area contributed by atoms with Crippen LogP contribution in [-0.4, -0.2) is 51.6 Å². The molecule has 3 heterocycles. The normalized spacial score (nSPS) is 11.8. The lowest BCUT2D eigenvalue weighted by Gasteiger charge is -2.16. The van der Waals surface area contributed by atoms with E-state index in [2.05, 4.69) is 15.3 Å². The Bertz CT molecular complexity index is 1260. The molecule has 36 heavy (non-hydrogen) atoms. The second kappa shape index (κ2) is 12.9. The molecule has 3 aromatic heterocycles. The summed E-state index contributed by atoms with van der Waals surface area (Å²) in [7, 11) is 0. The van der Waals surface area contributed by atoms with Gasteiger partial charge in [0.1, 0.15) is 11.6 Å². The van der Waals surface area contributed by atoms with Gasteiger partial charge in [-0.3, -0.25) is 19.4 Å². The standard InChI is InChI=1S/C24H31N5O6S/c1-3-34-19(30)11-9-17(23(33)35-4-2)26-21(31)18-10-8-15(36-18)7-5-6-13-29-14-12-16-20(29)22(32)28-24(25)27-16/h8,10,12,14,17H,3-7,9,11,13H2,1-2H3,(H,26,31)(H3,25,27,28,32)/t17-/m0/s1. The van der Waals surface area contributed by atoms with E-state index in [0.29, 0.717) is 22.5 Å². The molecule has 0 aliphatic carbocycles. The van der Waals surface area contributed by atoms with Crippen LogP contribution in [0.2, 0.25) is 0 Å². The summed E-state index contributed by atoms with van der Waals surface area (Å²) < 4.78 is 11.8. The fraction of sp³-hybridized carbons (Fsp3) is 0.458. The number of nitrogens with zero attached hydrogens (tertiary/aromatic N) is 2. The summed E-state index contributed by atoms with van der Waals surface area (Å²) in [6, 6.07) is 4.44. The Kier molecular flexibility index (Phi) is 9.62. The highest BCUT2D eigenvalue weighted by atomic mass is 32.1. The number of hydrogen-bond donors (Lipinski definition) is 3. The number of thiophene rings is 1. The van der Waals surface area contributed by atoms with Crippen molar-refractivity contribution in [1.82, 2.24) is 19.9 Å². The number of amides is 1. The number of aromatic nitrogens is 3. The van der Waals surface area contributed by atoms with Crippen molar-refractivity contribution in [2.45, 2.75) is 58.5 Å². The van der Waals surface area contributed by atoms with E-state index < -0.39 is 23.9 Å². The summed E-state index contributed by atoms with van der Waals surface area (Å²) in [5.41, 5.74) is 6.39. The zero-order chi connectivity index (χ0) is 26.1. The molecule has 0 aromatic carbocycles. The number of H-pyrrole nitrogens is 1. The maximum atomic E-state index is 12.7. The van der Waals surface area contributed by atoms with E-state index in [9.17, 15) is 19.2 Å². The van der Waals surface area contributed by atoms with Gasteiger partial charge >= 0.3 is 11.9 Å². The molecule has 0 spiro atoms. The van der Waals surface area contributed by atoms with Crippen LogP contribution in [0.1, 0.15) is 54.1 Å². The highest BCUT2D eigenvalue weighted by Gasteiger charge is 2.24. The van der Waals surface area contributed by atoms with E-state index in [0.717, 1.165) is 24.1 Å². The first-order chi connectivity index (χ1) is 17.3. The van der Waals surface area contributed by atoms with Gasteiger partial charge < -0.3 is 25.1 Å². The summed E-state index contributed by atoms with van der Waals surface area (Å²) in [6.45, 7) is 4.45. The average Bonchev–Trinajstić information content (AvgIpc) is 3.47. The van der Waals surface area contributed by atoms with E-state index in [1.807, 2.05) is 16.8 Å². The minimum Gasteiger partial charge on any atom is -0.466 e. The molecular formula is C24H31N5O6S. The number of ether oxygens (including phenoxy) is 2. The van der Waals surface area contributed by atoms with Gasteiger partial charge in [0.15, 0.2) is 0 Å². The van der Waals surface area contributed by atoms with Crippen LogP contribution in [0.4, 0.5) is 5.95 Å². The molecule has 0 unspecified atom stereocenters. The molecule has 0 bridgehead atoms. The Morgan fingerprint density at radius 1 is 1.17 bits per heavy atom. The molecule has 0 saturated heterocycles. The van der Waals surface area contributed by atoms with Crippen LogP contribution in [0.5, 0.6) is 0 Å². The van der Waals surface area contributed by atoms with Gasteiger partial charge in [0.25, 0.3) is 11.5 Å². The number of anilines is 1. The molecule has 0 aliphatic rings. The number of fused-ring (bicyclic) bond motifs is 1. The minimum atomic E-state index is -0.934. The number of nitrogens with two attached hydrogens (primary N) is 1. The van der Waals surface area contributed by atoms with Crippen LogP contribution in [-0.2, 0) is 32.0 Å². The SMILES string of the molecule is CCOC(=O)CC[C@H](NC(=O)c1ccc(CCCCn2ccc3nc(N)[nH]c(=O)c32)s1)C(=O)OCC. The molecule has 0 saturated carbocycles. The number of nitrogens with one attached hydrogen (secondary N) is 2. The molecule has 3 rings (SSSR count). The second-order valence-corrected chi connectivity index (χ2v) is 9.21. The minimum absolute atomic E-state index is 0.000706. The smallest absolute Gasteiger partial charge is 0.328 e. The lowest BCUT2D eigenvalue weighted by Crippen LogP contribution is -2.42. The maximum Gasteiger partial charge on any atom is 0.328 e. The molecular weight excluding hydrogens is 486 g/mol. The number of aromatic amines is 1. The Labute approximate surface area is 212 Å². The quantitative estimate of drug-likeness (QED) is 0.230. The van der Waals surface area contributed by atoms with Crippen LogP contribution < -0.4 is 16.6 Å². The number of aryl methyl sites for hydroxylation is 2. The topological polar surface area (TPSA) is 158 Å². The van der Waals surface area contributed by atoms with Gasteiger partial charge in [0.2, 0.25) is 5.95 Å². The van der Waals surface area contributed by atoms with Gasteiger partial charge in [0, 0.05) is 24.0 Å². The van der Waals surface area contributed by atoms with Crippen molar-refractivity contribution in [3.63, 3.8) is 0 Å². The van der Waals surface area contributed by atoms with Gasteiger partial charge in [0.05, 0.1) is 23.6 Å². The summed E-state index contributed by atoms with van der Waals surface area (Å²) >= 11 is 1.35. The molecule has 3 aromatic rings. The van der Waals surface area contributed by atoms with Crippen molar-refractivity contribution in [2.24, 2.45) is 0 Å². The Balaban J connectivity index is 1.52. The highest BCUT2D eigenvalue weighted by molar-refractivity contribution is 7.14. The number of unbranched alkanes of at least 4 members (excludes halogenated alkanes) is 1. The van der Waals surface area contributed by atoms with Crippen molar-refractivity contribution in [3.05, 3.63) is 44.5 Å². The number of hydrogen-bond acceptors (Lipinski definition) is 9. The van der Waals surface area contributed by atoms with E-state index in [-0.39, 0.29) is 37.6 Å². The van der Waals surface area contributed by atoms with Crippen LogP contribution in [0.25, 0.3) is 11.0 Å². The number of rotatable bonds is 13. The molecule has 12 heteroatoms. The monoisotopic (exact) mass is 517 g/mol. The Morgan fingerprint density at radius 2 is 1.94 bits per heavy atom. The average molecular weight is 518 g/mol. The summed E-state index contributed by atoms with van der Waals surface area (Å²) in [4.78, 5) is 57.0. The van der Waals surface area contributed by atoms with E-state index in [1.54, 1.807) is 26.0 Å². The third kappa shape index (κ3) is 7.17. The third-order valence-electron chi connectivity index (χ3n) is 5.42. The van der Waals surface area contributed by atoms with Crippen molar-refractivity contribution < 1.29 is 23.9 Å². The molecule has 11 nitrogen and oxygen atoms in total. The molecule has 1 atom stereocenters. The first-order valence-electron chi connectivity index (χ1n) is 11.9. The van der Waals surface area contributed by atoms with Crippen molar-refractivity contribution in [3.8, 4) is 0 Å². The van der Waals surface area contributed by atoms with Crippen LogP contribution in [0.15, 0.2) is 29.2 Å². The third-order valence-corrected chi connectivity index (χ3v) is 6.56. The van der Waals surface area contributed by atoms with Gasteiger partial charge in [-0.15, -0.1) is 11.3 Å². The van der Waals surface area contributed by atoms with Gasteiger partial charge in [-0.05, 0) is 57.7 Å². The Hall–Kier alpha value is -3.67. The number of carbonyl (C=O) groups is 3. The number of esters is 2. The second-order valence-electron chi connectivity index (χ2n) is 8.04. The first kappa shape index (κ1) is 26.9. The van der Waals surface area contributed by atoms with Crippen molar-refractivity contribution in [2.75, 3.05) is 18.9 Å². The molecule has 1 amide bonds. The lowest BCUT2D eigenvalue weighted by atomic mass is 10.1. The predicted molar refractivity (Wildman–Crippen MR) is 136 cm³/mol. The largest absolute Gasteiger partial charge is 0.466 e. The summed E-state index contributed by atoms with van der Waals surface area (Å²) in [6.07, 6.45) is 4.36. The van der Waals surface area contributed by atoms with Crippen molar-refractivity contribution >= 4 is 46.2 Å². The zero-order valence-electron chi connectivity index (χ0n) is 20.4. The predicted octanol–water partition coefficient (Wildman–Crippen LogP) is 2.40. The summed E-state index contributed by atoms with van der Waals surface area (Å²) in [5.74, 6) is -1.31. The zero-order valence-corrected chi connectivity index (χ0v) is 21.2. The molecule has 0 aliphatic heterocycles. The fourth-order valence-electron chi connectivity index (χ4n) is 3.75.